The van der Waals surface area contributed by atoms with Crippen molar-refractivity contribution in [2.45, 2.75) is 38.0 Å². The summed E-state index contributed by atoms with van der Waals surface area (Å²) >= 11 is 0. The number of hydrogen-bond acceptors (Lipinski definition) is 4. The van der Waals surface area contributed by atoms with Crippen LogP contribution in [0, 0.1) is 6.92 Å². The molecule has 1 aliphatic carbocycles. The van der Waals surface area contributed by atoms with Gasteiger partial charge in [-0.05, 0) is 48.1 Å². The first kappa shape index (κ1) is 19.2. The van der Waals surface area contributed by atoms with Crippen LogP contribution in [0.3, 0.4) is 0 Å². The van der Waals surface area contributed by atoms with Crippen LogP contribution >= 0.6 is 0 Å². The van der Waals surface area contributed by atoms with Gasteiger partial charge in [0.25, 0.3) is 0 Å². The number of Topliss-reactive ketones (excluding diaryl/α,β-unsaturated/α-hetero) is 1. The number of ether oxygens (including phenoxy) is 2. The molecule has 0 aromatic heterocycles. The van der Waals surface area contributed by atoms with Crippen LogP contribution in [0.2, 0.25) is 0 Å². The lowest BCUT2D eigenvalue weighted by molar-refractivity contribution is -0.122. The fourth-order valence-corrected chi connectivity index (χ4v) is 4.55. The first-order valence-corrected chi connectivity index (χ1v) is 9.85. The number of rotatable bonds is 4. The molecule has 0 saturated heterocycles. The van der Waals surface area contributed by atoms with E-state index in [0.29, 0.717) is 30.8 Å². The number of ketones is 1. The minimum absolute atomic E-state index is 0.00280. The molecule has 1 N–H and O–H groups in total. The Hall–Kier alpha value is -3.08. The van der Waals surface area contributed by atoms with Gasteiger partial charge in [0.15, 0.2) is 17.3 Å². The fourth-order valence-electron chi connectivity index (χ4n) is 4.55. The summed E-state index contributed by atoms with van der Waals surface area (Å²) in [6.45, 7) is 2.03. The van der Waals surface area contributed by atoms with Gasteiger partial charge in [-0.1, -0.05) is 30.3 Å². The summed E-state index contributed by atoms with van der Waals surface area (Å²) in [6, 6.07) is 13.7. The van der Waals surface area contributed by atoms with Crippen molar-refractivity contribution in [3.8, 4) is 11.5 Å². The third kappa shape index (κ3) is 3.53. The molecule has 29 heavy (non-hydrogen) atoms. The van der Waals surface area contributed by atoms with Crippen molar-refractivity contribution in [3.05, 3.63) is 70.4 Å². The average Bonchev–Trinajstić information content (AvgIpc) is 2.72. The summed E-state index contributed by atoms with van der Waals surface area (Å²) in [6.07, 6.45) is 1.37. The lowest BCUT2D eigenvalue weighted by Gasteiger charge is -2.35. The zero-order valence-electron chi connectivity index (χ0n) is 17.0. The standard InChI is InChI=1S/C24H25NO4/c1-14-6-4-5-7-17(14)18-13-23(27)25-19-10-16(11-20(26)24(18)19)15-8-9-21(28-2)22(12-15)29-3/h4-9,12,16,18H,10-11,13H2,1-3H3,(H,25,27)/t16-,18-/m0/s1. The van der Waals surface area contributed by atoms with Crippen molar-refractivity contribution in [3.63, 3.8) is 0 Å². The van der Waals surface area contributed by atoms with Crippen LogP contribution in [0.1, 0.15) is 47.8 Å². The van der Waals surface area contributed by atoms with Gasteiger partial charge in [0.1, 0.15) is 0 Å². The van der Waals surface area contributed by atoms with Crippen LogP contribution in [-0.2, 0) is 9.59 Å². The summed E-state index contributed by atoms with van der Waals surface area (Å²) in [5, 5.41) is 2.98. The number of hydrogen-bond donors (Lipinski definition) is 1. The third-order valence-corrected chi connectivity index (χ3v) is 5.98. The summed E-state index contributed by atoms with van der Waals surface area (Å²) in [7, 11) is 3.20. The summed E-state index contributed by atoms with van der Waals surface area (Å²) in [5.74, 6) is 1.21. The normalized spacial score (nSPS) is 21.5. The number of amides is 1. The topological polar surface area (TPSA) is 64.6 Å². The minimum atomic E-state index is -0.168. The van der Waals surface area contributed by atoms with Gasteiger partial charge in [-0.2, -0.15) is 0 Å². The minimum Gasteiger partial charge on any atom is -0.493 e. The monoisotopic (exact) mass is 391 g/mol. The zero-order chi connectivity index (χ0) is 20.5. The number of nitrogens with one attached hydrogen (secondary N) is 1. The highest BCUT2D eigenvalue weighted by Gasteiger charge is 2.38. The van der Waals surface area contributed by atoms with E-state index in [1.165, 1.54) is 0 Å². The molecular weight excluding hydrogens is 366 g/mol. The number of methoxy groups -OCH3 is 2. The molecule has 1 aliphatic heterocycles. The Kier molecular flexibility index (Phi) is 5.14. The van der Waals surface area contributed by atoms with E-state index in [-0.39, 0.29) is 23.5 Å². The average molecular weight is 391 g/mol. The predicted octanol–water partition coefficient (Wildman–Crippen LogP) is 4.02. The van der Waals surface area contributed by atoms with Crippen molar-refractivity contribution in [1.82, 2.24) is 5.32 Å². The second-order valence-corrected chi connectivity index (χ2v) is 7.70. The summed E-state index contributed by atoms with van der Waals surface area (Å²) in [5.41, 5.74) is 4.72. The molecule has 5 heteroatoms. The van der Waals surface area contributed by atoms with E-state index >= 15 is 0 Å². The Morgan fingerprint density at radius 2 is 1.69 bits per heavy atom. The number of carbonyl (C=O) groups is 2. The maximum absolute atomic E-state index is 13.2. The van der Waals surface area contributed by atoms with Crippen LogP contribution in [0.25, 0.3) is 0 Å². The first-order chi connectivity index (χ1) is 14.0. The molecule has 5 nitrogen and oxygen atoms in total. The van der Waals surface area contributed by atoms with Crippen LogP contribution in [0.5, 0.6) is 11.5 Å². The maximum Gasteiger partial charge on any atom is 0.225 e. The van der Waals surface area contributed by atoms with Gasteiger partial charge >= 0.3 is 0 Å². The van der Waals surface area contributed by atoms with Crippen LogP contribution < -0.4 is 14.8 Å². The van der Waals surface area contributed by atoms with E-state index < -0.39 is 0 Å². The van der Waals surface area contributed by atoms with Crippen molar-refractivity contribution < 1.29 is 19.1 Å². The molecular formula is C24H25NO4. The lowest BCUT2D eigenvalue weighted by atomic mass is 9.73. The molecule has 1 heterocycles. The molecule has 1 amide bonds. The Morgan fingerprint density at radius 1 is 0.931 bits per heavy atom. The Balaban J connectivity index is 1.71. The van der Waals surface area contributed by atoms with E-state index in [4.69, 9.17) is 9.47 Å². The SMILES string of the molecule is COc1ccc([C@@H]2CC(=O)C3=C(C2)NC(=O)C[C@H]3c2ccccc2C)cc1OC. The number of benzene rings is 2. The van der Waals surface area contributed by atoms with Gasteiger partial charge in [-0.25, -0.2) is 0 Å². The molecule has 0 saturated carbocycles. The van der Waals surface area contributed by atoms with E-state index in [2.05, 4.69) is 5.32 Å². The van der Waals surface area contributed by atoms with Crippen molar-refractivity contribution >= 4 is 11.7 Å². The molecule has 0 spiro atoms. The van der Waals surface area contributed by atoms with E-state index in [1.807, 2.05) is 49.4 Å². The molecule has 2 aromatic carbocycles. The number of allylic oxidation sites excluding steroid dienone is 2. The van der Waals surface area contributed by atoms with Crippen LogP contribution in [-0.4, -0.2) is 25.9 Å². The quantitative estimate of drug-likeness (QED) is 0.855. The van der Waals surface area contributed by atoms with Gasteiger partial charge in [0.05, 0.1) is 14.2 Å². The van der Waals surface area contributed by atoms with Gasteiger partial charge in [0, 0.05) is 30.0 Å². The van der Waals surface area contributed by atoms with Gasteiger partial charge in [-0.3, -0.25) is 9.59 Å². The molecule has 0 radical (unpaired) electrons. The molecule has 2 aliphatic rings. The zero-order valence-corrected chi connectivity index (χ0v) is 17.0. The first-order valence-electron chi connectivity index (χ1n) is 9.85. The highest BCUT2D eigenvalue weighted by molar-refractivity contribution is 6.02. The number of aryl methyl sites for hydroxylation is 1. The maximum atomic E-state index is 13.2. The summed E-state index contributed by atoms with van der Waals surface area (Å²) < 4.78 is 10.7. The van der Waals surface area contributed by atoms with Crippen molar-refractivity contribution in [2.75, 3.05) is 14.2 Å². The van der Waals surface area contributed by atoms with Crippen molar-refractivity contribution in [2.24, 2.45) is 0 Å². The van der Waals surface area contributed by atoms with Gasteiger partial charge < -0.3 is 14.8 Å². The fraction of sp³-hybridized carbons (Fsp3) is 0.333. The van der Waals surface area contributed by atoms with Gasteiger partial charge in [0.2, 0.25) is 5.91 Å². The highest BCUT2D eigenvalue weighted by Crippen LogP contribution is 2.44. The Labute approximate surface area is 170 Å². The smallest absolute Gasteiger partial charge is 0.225 e. The van der Waals surface area contributed by atoms with E-state index in [1.54, 1.807) is 14.2 Å². The second kappa shape index (κ2) is 7.74. The Bertz CT molecular complexity index is 1010. The molecule has 0 bridgehead atoms. The molecule has 0 unspecified atom stereocenters. The van der Waals surface area contributed by atoms with E-state index in [0.717, 1.165) is 28.0 Å². The molecule has 150 valence electrons. The van der Waals surface area contributed by atoms with Gasteiger partial charge in [-0.15, -0.1) is 0 Å². The lowest BCUT2D eigenvalue weighted by Crippen LogP contribution is -2.38. The number of carbonyl (C=O) groups excluding carboxylic acids is 2. The molecule has 0 fully saturated rings. The molecule has 4 rings (SSSR count). The second-order valence-electron chi connectivity index (χ2n) is 7.70. The largest absolute Gasteiger partial charge is 0.493 e. The Morgan fingerprint density at radius 3 is 2.41 bits per heavy atom. The van der Waals surface area contributed by atoms with Crippen LogP contribution in [0.4, 0.5) is 0 Å². The predicted molar refractivity (Wildman–Crippen MR) is 110 cm³/mol. The highest BCUT2D eigenvalue weighted by atomic mass is 16.5. The van der Waals surface area contributed by atoms with Crippen molar-refractivity contribution in [1.29, 1.82) is 0 Å². The third-order valence-electron chi connectivity index (χ3n) is 5.98. The van der Waals surface area contributed by atoms with Crippen LogP contribution in [0.15, 0.2) is 53.7 Å². The summed E-state index contributed by atoms with van der Waals surface area (Å²) in [4.78, 5) is 25.7. The molecule has 2 aromatic rings. The molecule has 2 atom stereocenters. The van der Waals surface area contributed by atoms with E-state index in [9.17, 15) is 9.59 Å².